The van der Waals surface area contributed by atoms with Crippen LogP contribution in [0.4, 0.5) is 0 Å². The predicted molar refractivity (Wildman–Crippen MR) is 42.7 cm³/mol. The van der Waals surface area contributed by atoms with E-state index < -0.39 is 11.7 Å². The molecule has 4 heteroatoms. The van der Waals surface area contributed by atoms with E-state index in [4.69, 9.17) is 9.84 Å². The van der Waals surface area contributed by atoms with Gasteiger partial charge in [0.1, 0.15) is 5.60 Å². The summed E-state index contributed by atoms with van der Waals surface area (Å²) < 4.78 is 5.23. The van der Waals surface area contributed by atoms with Crippen LogP contribution < -0.4 is 0 Å². The summed E-state index contributed by atoms with van der Waals surface area (Å²) in [5.41, 5.74) is -1.13. The van der Waals surface area contributed by atoms with Gasteiger partial charge in [-0.25, -0.2) is 0 Å². The molecule has 1 rings (SSSR count). The minimum atomic E-state index is -1.13. The third kappa shape index (κ3) is 2.17. The summed E-state index contributed by atoms with van der Waals surface area (Å²) in [7, 11) is 0. The lowest BCUT2D eigenvalue weighted by Crippen LogP contribution is -2.50. The van der Waals surface area contributed by atoms with Crippen LogP contribution in [0.15, 0.2) is 0 Å². The van der Waals surface area contributed by atoms with Gasteiger partial charge in [-0.15, -0.1) is 0 Å². The molecule has 0 aromatic rings. The first-order chi connectivity index (χ1) is 5.56. The lowest BCUT2D eigenvalue weighted by Gasteiger charge is -2.37. The monoisotopic (exact) mass is 176 g/mol. The molecule has 0 spiro atoms. The minimum absolute atomic E-state index is 0.0551. The molecular formula is C8H16O4. The van der Waals surface area contributed by atoms with Gasteiger partial charge in [0.15, 0.2) is 0 Å². The van der Waals surface area contributed by atoms with Gasteiger partial charge in [0.05, 0.1) is 18.8 Å². The molecule has 1 heterocycles. The van der Waals surface area contributed by atoms with Crippen molar-refractivity contribution in [1.29, 1.82) is 0 Å². The fraction of sp³-hybridized carbons (Fsp3) is 1.00. The van der Waals surface area contributed by atoms with Gasteiger partial charge in [0.25, 0.3) is 0 Å². The zero-order valence-corrected chi connectivity index (χ0v) is 7.23. The number of hydrogen-bond donors (Lipinski definition) is 3. The molecule has 12 heavy (non-hydrogen) atoms. The van der Waals surface area contributed by atoms with Gasteiger partial charge in [-0.3, -0.25) is 0 Å². The van der Waals surface area contributed by atoms with E-state index in [-0.39, 0.29) is 19.3 Å². The highest BCUT2D eigenvalue weighted by molar-refractivity contribution is 4.87. The van der Waals surface area contributed by atoms with Gasteiger partial charge in [0, 0.05) is 13.0 Å². The standard InChI is InChI=1S/C8H16O4/c1-8(11)5-12-6(2-3-9)4-7(8)10/h6-7,9-11H,2-5H2,1H3/t6-,7+,8-/m1/s1. The first-order valence-corrected chi connectivity index (χ1v) is 4.19. The molecule has 0 unspecified atom stereocenters. The molecule has 3 atom stereocenters. The Bertz CT molecular complexity index is 146. The Morgan fingerprint density at radius 2 is 2.25 bits per heavy atom. The molecule has 4 nitrogen and oxygen atoms in total. The van der Waals surface area contributed by atoms with Gasteiger partial charge in [0.2, 0.25) is 0 Å². The number of aliphatic hydroxyl groups is 3. The van der Waals surface area contributed by atoms with Crippen LogP contribution in [0, 0.1) is 0 Å². The second-order valence-electron chi connectivity index (χ2n) is 3.55. The number of rotatable bonds is 2. The van der Waals surface area contributed by atoms with Crippen molar-refractivity contribution in [2.75, 3.05) is 13.2 Å². The maximum absolute atomic E-state index is 9.49. The second-order valence-corrected chi connectivity index (χ2v) is 3.55. The fourth-order valence-corrected chi connectivity index (χ4v) is 1.30. The normalized spacial score (nSPS) is 43.0. The molecule has 3 N–H and O–H groups in total. The van der Waals surface area contributed by atoms with Crippen LogP contribution in [0.3, 0.4) is 0 Å². The van der Waals surface area contributed by atoms with Gasteiger partial charge in [-0.2, -0.15) is 0 Å². The molecule has 72 valence electrons. The fourth-order valence-electron chi connectivity index (χ4n) is 1.30. The van der Waals surface area contributed by atoms with Crippen molar-refractivity contribution >= 4 is 0 Å². The van der Waals surface area contributed by atoms with Crippen LogP contribution >= 0.6 is 0 Å². The van der Waals surface area contributed by atoms with Crippen molar-refractivity contribution in [2.45, 2.75) is 37.6 Å². The van der Waals surface area contributed by atoms with E-state index in [2.05, 4.69) is 0 Å². The van der Waals surface area contributed by atoms with Crippen molar-refractivity contribution in [1.82, 2.24) is 0 Å². The van der Waals surface area contributed by atoms with E-state index in [0.717, 1.165) is 0 Å². The Balaban J connectivity index is 2.41. The zero-order valence-electron chi connectivity index (χ0n) is 7.23. The van der Waals surface area contributed by atoms with Crippen LogP contribution in [-0.2, 0) is 4.74 Å². The zero-order chi connectivity index (χ0) is 9.19. The van der Waals surface area contributed by atoms with Crippen molar-refractivity contribution in [2.24, 2.45) is 0 Å². The Kier molecular flexibility index (Phi) is 3.06. The highest BCUT2D eigenvalue weighted by atomic mass is 16.5. The maximum Gasteiger partial charge on any atom is 0.111 e. The molecule has 0 aromatic carbocycles. The Hall–Kier alpha value is -0.160. The third-order valence-electron chi connectivity index (χ3n) is 2.27. The summed E-state index contributed by atoms with van der Waals surface area (Å²) in [5.74, 6) is 0. The largest absolute Gasteiger partial charge is 0.396 e. The van der Waals surface area contributed by atoms with Crippen molar-refractivity contribution in [3.8, 4) is 0 Å². The van der Waals surface area contributed by atoms with Crippen LogP contribution in [0.5, 0.6) is 0 Å². The summed E-state index contributed by atoms with van der Waals surface area (Å²) >= 11 is 0. The predicted octanol–water partition coefficient (Wildman–Crippen LogP) is -0.730. The molecule has 0 aromatic heterocycles. The number of hydrogen-bond acceptors (Lipinski definition) is 4. The quantitative estimate of drug-likeness (QED) is 0.519. The second kappa shape index (κ2) is 3.70. The molecule has 0 aliphatic carbocycles. The average Bonchev–Trinajstić information content (AvgIpc) is 1.98. The first kappa shape index (κ1) is 9.92. The van der Waals surface area contributed by atoms with E-state index in [0.29, 0.717) is 12.8 Å². The highest BCUT2D eigenvalue weighted by Crippen LogP contribution is 2.24. The minimum Gasteiger partial charge on any atom is -0.396 e. The molecule has 1 fully saturated rings. The molecular weight excluding hydrogens is 160 g/mol. The average molecular weight is 176 g/mol. The Morgan fingerprint density at radius 3 is 2.75 bits per heavy atom. The van der Waals surface area contributed by atoms with Crippen LogP contribution in [0.25, 0.3) is 0 Å². The Morgan fingerprint density at radius 1 is 1.58 bits per heavy atom. The smallest absolute Gasteiger partial charge is 0.111 e. The lowest BCUT2D eigenvalue weighted by atomic mass is 9.91. The molecule has 1 saturated heterocycles. The first-order valence-electron chi connectivity index (χ1n) is 4.19. The molecule has 0 saturated carbocycles. The van der Waals surface area contributed by atoms with E-state index >= 15 is 0 Å². The van der Waals surface area contributed by atoms with Gasteiger partial charge in [-0.05, 0) is 13.3 Å². The van der Waals surface area contributed by atoms with Crippen LogP contribution in [0.1, 0.15) is 19.8 Å². The summed E-state index contributed by atoms with van der Waals surface area (Å²) in [6.45, 7) is 1.74. The van der Waals surface area contributed by atoms with E-state index in [9.17, 15) is 10.2 Å². The lowest BCUT2D eigenvalue weighted by molar-refractivity contribution is -0.177. The molecule has 1 aliphatic rings. The Labute approximate surface area is 71.8 Å². The van der Waals surface area contributed by atoms with Crippen molar-refractivity contribution < 1.29 is 20.1 Å². The van der Waals surface area contributed by atoms with Crippen LogP contribution in [0.2, 0.25) is 0 Å². The van der Waals surface area contributed by atoms with E-state index in [1.807, 2.05) is 0 Å². The molecule has 1 aliphatic heterocycles. The SMILES string of the molecule is C[C@@]1(O)CO[C@H](CCO)C[C@@H]1O. The highest BCUT2D eigenvalue weighted by Gasteiger charge is 2.37. The summed E-state index contributed by atoms with van der Waals surface area (Å²) in [6.07, 6.45) is 0.0498. The summed E-state index contributed by atoms with van der Waals surface area (Å²) in [5, 5.41) is 27.5. The molecule has 0 bridgehead atoms. The molecule has 0 radical (unpaired) electrons. The van der Waals surface area contributed by atoms with Crippen molar-refractivity contribution in [3.05, 3.63) is 0 Å². The van der Waals surface area contributed by atoms with E-state index in [1.54, 1.807) is 6.92 Å². The van der Waals surface area contributed by atoms with Crippen molar-refractivity contribution in [3.63, 3.8) is 0 Å². The maximum atomic E-state index is 9.49. The van der Waals surface area contributed by atoms with E-state index in [1.165, 1.54) is 0 Å². The van der Waals surface area contributed by atoms with Gasteiger partial charge >= 0.3 is 0 Å². The molecule has 0 amide bonds. The van der Waals surface area contributed by atoms with Gasteiger partial charge < -0.3 is 20.1 Å². The topological polar surface area (TPSA) is 69.9 Å². The van der Waals surface area contributed by atoms with Crippen LogP contribution in [-0.4, -0.2) is 46.3 Å². The van der Waals surface area contributed by atoms with Gasteiger partial charge in [-0.1, -0.05) is 0 Å². The summed E-state index contributed by atoms with van der Waals surface area (Å²) in [4.78, 5) is 0. The number of ether oxygens (including phenoxy) is 1. The third-order valence-corrected chi connectivity index (χ3v) is 2.27. The summed E-state index contributed by atoms with van der Waals surface area (Å²) in [6, 6.07) is 0. The number of aliphatic hydroxyl groups excluding tert-OH is 2.